The smallest absolute Gasteiger partial charge is 0.293 e. The van der Waals surface area contributed by atoms with Gasteiger partial charge in [-0.15, -0.1) is 0 Å². The number of aromatic nitrogens is 1. The lowest BCUT2D eigenvalue weighted by atomic mass is 10.1. The van der Waals surface area contributed by atoms with Gasteiger partial charge in [-0.3, -0.25) is 14.5 Å². The molecule has 0 bridgehead atoms. The zero-order valence-electron chi connectivity index (χ0n) is 18.5. The van der Waals surface area contributed by atoms with Crippen LogP contribution >= 0.6 is 11.8 Å². The molecule has 0 unspecified atom stereocenters. The van der Waals surface area contributed by atoms with Gasteiger partial charge in [-0.2, -0.15) is 0 Å². The molecule has 0 saturated carbocycles. The molecule has 2 amide bonds. The number of hydrogen-bond donors (Lipinski definition) is 0. The van der Waals surface area contributed by atoms with E-state index in [0.29, 0.717) is 11.4 Å². The number of imide groups is 1. The SMILES string of the molecule is Cc1ccc(-n2c(C)cc(/C=C3\SC(=O)N(Cc4ccccc4C)C3=O)c2C)cc1C. The Morgan fingerprint density at radius 3 is 2.32 bits per heavy atom. The predicted octanol–water partition coefficient (Wildman–Crippen LogP) is 6.26. The molecule has 1 aliphatic rings. The maximum absolute atomic E-state index is 13.0. The molecule has 4 nitrogen and oxygen atoms in total. The van der Waals surface area contributed by atoms with Crippen LogP contribution in [0.25, 0.3) is 11.8 Å². The van der Waals surface area contributed by atoms with Crippen molar-refractivity contribution in [3.8, 4) is 5.69 Å². The normalized spacial score (nSPS) is 15.4. The number of amides is 2. The summed E-state index contributed by atoms with van der Waals surface area (Å²) in [5.41, 5.74) is 8.75. The summed E-state index contributed by atoms with van der Waals surface area (Å²) in [4.78, 5) is 27.4. The quantitative estimate of drug-likeness (QED) is 0.459. The fraction of sp³-hybridized carbons (Fsp3) is 0.231. The number of benzene rings is 2. The molecule has 158 valence electrons. The summed E-state index contributed by atoms with van der Waals surface area (Å²) >= 11 is 1.02. The summed E-state index contributed by atoms with van der Waals surface area (Å²) in [7, 11) is 0. The van der Waals surface area contributed by atoms with E-state index in [1.165, 1.54) is 16.0 Å². The fourth-order valence-corrected chi connectivity index (χ4v) is 4.76. The van der Waals surface area contributed by atoms with Gasteiger partial charge in [0.1, 0.15) is 0 Å². The molecule has 0 radical (unpaired) electrons. The highest BCUT2D eigenvalue weighted by molar-refractivity contribution is 8.18. The second-order valence-corrected chi connectivity index (χ2v) is 9.12. The summed E-state index contributed by atoms with van der Waals surface area (Å²) in [5.74, 6) is -0.228. The van der Waals surface area contributed by atoms with E-state index in [-0.39, 0.29) is 11.1 Å². The third-order valence-electron chi connectivity index (χ3n) is 5.97. The lowest BCUT2D eigenvalue weighted by molar-refractivity contribution is -0.123. The first-order valence-corrected chi connectivity index (χ1v) is 11.1. The maximum atomic E-state index is 13.0. The van der Waals surface area contributed by atoms with E-state index in [9.17, 15) is 9.59 Å². The second-order valence-electron chi connectivity index (χ2n) is 8.12. The van der Waals surface area contributed by atoms with Gasteiger partial charge >= 0.3 is 0 Å². The number of carbonyl (C=O) groups is 2. The Balaban J connectivity index is 1.65. The summed E-state index contributed by atoms with van der Waals surface area (Å²) in [6.07, 6.45) is 1.85. The van der Waals surface area contributed by atoms with E-state index in [0.717, 1.165) is 45.5 Å². The molecule has 3 aromatic rings. The number of carbonyl (C=O) groups excluding carboxylic acids is 2. The highest BCUT2D eigenvalue weighted by Crippen LogP contribution is 2.35. The number of thioether (sulfide) groups is 1. The number of rotatable bonds is 4. The zero-order valence-corrected chi connectivity index (χ0v) is 19.3. The number of aryl methyl sites for hydroxylation is 4. The molecule has 0 spiro atoms. The molecule has 31 heavy (non-hydrogen) atoms. The summed E-state index contributed by atoms with van der Waals surface area (Å²) < 4.78 is 2.19. The molecule has 0 aliphatic carbocycles. The first-order valence-electron chi connectivity index (χ1n) is 10.3. The molecule has 2 heterocycles. The van der Waals surface area contributed by atoms with Crippen LogP contribution in [0.1, 0.15) is 39.2 Å². The van der Waals surface area contributed by atoms with Gasteiger partial charge in [0.15, 0.2) is 0 Å². The minimum atomic E-state index is -0.228. The maximum Gasteiger partial charge on any atom is 0.293 e. The first-order chi connectivity index (χ1) is 14.8. The van der Waals surface area contributed by atoms with Crippen molar-refractivity contribution in [2.75, 3.05) is 0 Å². The molecule has 4 rings (SSSR count). The van der Waals surface area contributed by atoms with Crippen LogP contribution in [0.4, 0.5) is 4.79 Å². The van der Waals surface area contributed by atoms with E-state index in [2.05, 4.69) is 49.6 Å². The standard InChI is InChI=1S/C26H26N2O2S/c1-16-10-11-23(12-18(16)3)28-19(4)13-22(20(28)5)14-24-25(29)27(26(30)31-24)15-21-9-7-6-8-17(21)2/h6-14H,15H2,1-5H3/b24-14-. The lowest BCUT2D eigenvalue weighted by Gasteiger charge is -2.14. The molecule has 1 aromatic heterocycles. The van der Waals surface area contributed by atoms with E-state index >= 15 is 0 Å². The van der Waals surface area contributed by atoms with Crippen LogP contribution in [-0.2, 0) is 11.3 Å². The Morgan fingerprint density at radius 1 is 0.871 bits per heavy atom. The topological polar surface area (TPSA) is 42.3 Å². The Kier molecular flexibility index (Phi) is 5.63. The molecule has 0 N–H and O–H groups in total. The first kappa shape index (κ1) is 21.2. The van der Waals surface area contributed by atoms with E-state index in [1.807, 2.05) is 44.2 Å². The van der Waals surface area contributed by atoms with Crippen LogP contribution in [0, 0.1) is 34.6 Å². The van der Waals surface area contributed by atoms with Gasteiger partial charge in [0.25, 0.3) is 11.1 Å². The fourth-order valence-electron chi connectivity index (χ4n) is 3.93. The van der Waals surface area contributed by atoms with Gasteiger partial charge in [-0.05, 0) is 98.5 Å². The van der Waals surface area contributed by atoms with Crippen molar-refractivity contribution in [1.82, 2.24) is 9.47 Å². The van der Waals surface area contributed by atoms with Gasteiger partial charge < -0.3 is 4.57 Å². The van der Waals surface area contributed by atoms with Gasteiger partial charge in [-0.1, -0.05) is 30.3 Å². The van der Waals surface area contributed by atoms with Crippen LogP contribution in [0.2, 0.25) is 0 Å². The average Bonchev–Trinajstić information content (AvgIpc) is 3.15. The molecule has 1 saturated heterocycles. The summed E-state index contributed by atoms with van der Waals surface area (Å²) in [6.45, 7) is 10.6. The summed E-state index contributed by atoms with van der Waals surface area (Å²) in [6, 6.07) is 16.3. The molecule has 1 aliphatic heterocycles. The van der Waals surface area contributed by atoms with Crippen molar-refractivity contribution in [2.24, 2.45) is 0 Å². The molecular formula is C26H26N2O2S. The Hall–Kier alpha value is -3.05. The van der Waals surface area contributed by atoms with E-state index < -0.39 is 0 Å². The minimum absolute atomic E-state index is 0.220. The Bertz CT molecular complexity index is 1240. The molecular weight excluding hydrogens is 404 g/mol. The van der Waals surface area contributed by atoms with Crippen molar-refractivity contribution in [2.45, 2.75) is 41.2 Å². The Labute approximate surface area is 187 Å². The van der Waals surface area contributed by atoms with Crippen LogP contribution < -0.4 is 0 Å². The van der Waals surface area contributed by atoms with E-state index in [1.54, 1.807) is 0 Å². The molecule has 2 aromatic carbocycles. The molecule has 1 fully saturated rings. The average molecular weight is 431 g/mol. The van der Waals surface area contributed by atoms with Crippen molar-refractivity contribution in [3.63, 3.8) is 0 Å². The van der Waals surface area contributed by atoms with Crippen molar-refractivity contribution in [1.29, 1.82) is 0 Å². The molecule has 0 atom stereocenters. The monoisotopic (exact) mass is 430 g/mol. The summed E-state index contributed by atoms with van der Waals surface area (Å²) in [5, 5.41) is -0.220. The van der Waals surface area contributed by atoms with Crippen LogP contribution in [-0.4, -0.2) is 20.6 Å². The van der Waals surface area contributed by atoms with Gasteiger partial charge in [0, 0.05) is 17.1 Å². The highest BCUT2D eigenvalue weighted by Gasteiger charge is 2.35. The Morgan fingerprint density at radius 2 is 1.61 bits per heavy atom. The lowest BCUT2D eigenvalue weighted by Crippen LogP contribution is -2.27. The van der Waals surface area contributed by atoms with Crippen LogP contribution in [0.3, 0.4) is 0 Å². The zero-order chi connectivity index (χ0) is 22.3. The second kappa shape index (κ2) is 8.23. The van der Waals surface area contributed by atoms with Crippen molar-refractivity contribution >= 4 is 29.0 Å². The minimum Gasteiger partial charge on any atom is -0.318 e. The predicted molar refractivity (Wildman–Crippen MR) is 127 cm³/mol. The number of hydrogen-bond acceptors (Lipinski definition) is 3. The van der Waals surface area contributed by atoms with E-state index in [4.69, 9.17) is 0 Å². The van der Waals surface area contributed by atoms with Gasteiger partial charge in [0.2, 0.25) is 0 Å². The third kappa shape index (κ3) is 3.98. The number of nitrogens with zero attached hydrogens (tertiary/aromatic N) is 2. The van der Waals surface area contributed by atoms with Crippen LogP contribution in [0.15, 0.2) is 53.4 Å². The van der Waals surface area contributed by atoms with Gasteiger partial charge in [-0.25, -0.2) is 0 Å². The molecule has 5 heteroatoms. The van der Waals surface area contributed by atoms with Gasteiger partial charge in [0.05, 0.1) is 11.4 Å². The van der Waals surface area contributed by atoms with Crippen molar-refractivity contribution < 1.29 is 9.59 Å². The highest BCUT2D eigenvalue weighted by atomic mass is 32.2. The van der Waals surface area contributed by atoms with Crippen molar-refractivity contribution in [3.05, 3.63) is 92.6 Å². The largest absolute Gasteiger partial charge is 0.318 e. The third-order valence-corrected chi connectivity index (χ3v) is 6.88. The van der Waals surface area contributed by atoms with Crippen LogP contribution in [0.5, 0.6) is 0 Å².